The van der Waals surface area contributed by atoms with Crippen molar-refractivity contribution in [2.24, 2.45) is 5.73 Å². The molecule has 0 saturated heterocycles. The van der Waals surface area contributed by atoms with Crippen LogP contribution < -0.4 is 22.0 Å². The monoisotopic (exact) mass is 285 g/mol. The van der Waals surface area contributed by atoms with Crippen LogP contribution in [0.3, 0.4) is 0 Å². The van der Waals surface area contributed by atoms with Gasteiger partial charge in [-0.2, -0.15) is 0 Å². The van der Waals surface area contributed by atoms with Gasteiger partial charge in [-0.3, -0.25) is 0 Å². The number of nitrogens with one attached hydrogen (secondary N) is 1. The molecule has 0 unspecified atom stereocenters. The van der Waals surface area contributed by atoms with Gasteiger partial charge in [0.15, 0.2) is 5.82 Å². The Morgan fingerprint density at radius 2 is 2.05 bits per heavy atom. The average Bonchev–Trinajstić information content (AvgIpc) is 2.87. The SMILES string of the molecule is C=c1[nH]cc/c1=C/C(C#Cc1c(F)ccc(N)c1F)=C\N. The number of benzene rings is 1. The lowest BCUT2D eigenvalue weighted by molar-refractivity contribution is 0.580. The van der Waals surface area contributed by atoms with Crippen LogP contribution in [0.4, 0.5) is 14.5 Å². The Kier molecular flexibility index (Phi) is 4.10. The van der Waals surface area contributed by atoms with Crippen LogP contribution in [0.5, 0.6) is 0 Å². The fourth-order valence-corrected chi connectivity index (χ4v) is 1.66. The second-order valence-electron chi connectivity index (χ2n) is 4.25. The number of nitrogens with two attached hydrogens (primary N) is 2. The molecule has 3 nitrogen and oxygen atoms in total. The highest BCUT2D eigenvalue weighted by Crippen LogP contribution is 2.17. The molecule has 1 aromatic carbocycles. The average molecular weight is 285 g/mol. The molecule has 0 saturated carbocycles. The molecule has 21 heavy (non-hydrogen) atoms. The quantitative estimate of drug-likeness (QED) is 0.539. The number of aromatic amines is 1. The summed E-state index contributed by atoms with van der Waals surface area (Å²) in [5.74, 6) is 3.38. The molecule has 0 aliphatic heterocycles. The van der Waals surface area contributed by atoms with Crippen LogP contribution in [-0.4, -0.2) is 4.98 Å². The molecule has 2 aromatic rings. The molecule has 106 valence electrons. The molecule has 0 amide bonds. The van der Waals surface area contributed by atoms with Gasteiger partial charge >= 0.3 is 0 Å². The lowest BCUT2D eigenvalue weighted by atomic mass is 10.1. The largest absolute Gasteiger partial charge is 0.404 e. The van der Waals surface area contributed by atoms with Gasteiger partial charge < -0.3 is 16.5 Å². The Morgan fingerprint density at radius 1 is 1.29 bits per heavy atom. The molecular formula is C16H13F2N3. The third-order valence-electron chi connectivity index (χ3n) is 2.81. The van der Waals surface area contributed by atoms with Gasteiger partial charge in [0.2, 0.25) is 0 Å². The first kappa shape index (κ1) is 14.4. The molecule has 1 heterocycles. The second-order valence-corrected chi connectivity index (χ2v) is 4.25. The first-order valence-electron chi connectivity index (χ1n) is 6.04. The molecule has 0 atom stereocenters. The maximum atomic E-state index is 13.7. The molecule has 0 fully saturated rings. The summed E-state index contributed by atoms with van der Waals surface area (Å²) in [6, 6.07) is 4.00. The highest BCUT2D eigenvalue weighted by Gasteiger charge is 2.09. The predicted octanol–water partition coefficient (Wildman–Crippen LogP) is 0.960. The summed E-state index contributed by atoms with van der Waals surface area (Å²) in [5.41, 5.74) is 10.7. The van der Waals surface area contributed by atoms with E-state index in [1.54, 1.807) is 18.3 Å². The van der Waals surface area contributed by atoms with Crippen LogP contribution >= 0.6 is 0 Å². The molecule has 0 aliphatic rings. The van der Waals surface area contributed by atoms with E-state index >= 15 is 0 Å². The van der Waals surface area contributed by atoms with Crippen LogP contribution in [0.2, 0.25) is 0 Å². The standard InChI is InChI=1S/C16H13F2N3/c1-10-12(6-7-21-10)8-11(9-19)2-3-13-14(17)4-5-15(20)16(13)18/h4-9,21H,1,19-20H2/b11-9-,12-8-. The Labute approximate surface area is 120 Å². The zero-order valence-electron chi connectivity index (χ0n) is 11.1. The minimum absolute atomic E-state index is 0.159. The van der Waals surface area contributed by atoms with E-state index in [0.29, 0.717) is 10.9 Å². The van der Waals surface area contributed by atoms with Gasteiger partial charge in [0.25, 0.3) is 0 Å². The fourth-order valence-electron chi connectivity index (χ4n) is 1.66. The van der Waals surface area contributed by atoms with Gasteiger partial charge in [-0.15, -0.1) is 0 Å². The molecule has 1 aromatic heterocycles. The lowest BCUT2D eigenvalue weighted by Gasteiger charge is -2.00. The van der Waals surface area contributed by atoms with Crippen LogP contribution in [0.25, 0.3) is 12.7 Å². The Balaban J connectivity index is 2.46. The molecular weight excluding hydrogens is 272 g/mol. The third kappa shape index (κ3) is 3.12. The van der Waals surface area contributed by atoms with Crippen LogP contribution in [0.1, 0.15) is 5.56 Å². The van der Waals surface area contributed by atoms with Crippen molar-refractivity contribution >= 4 is 18.3 Å². The van der Waals surface area contributed by atoms with Crippen molar-refractivity contribution in [3.63, 3.8) is 0 Å². The molecule has 0 aliphatic carbocycles. The summed E-state index contributed by atoms with van der Waals surface area (Å²) >= 11 is 0. The Morgan fingerprint density at radius 3 is 2.67 bits per heavy atom. The van der Waals surface area contributed by atoms with E-state index in [2.05, 4.69) is 23.4 Å². The molecule has 0 bridgehead atoms. The number of H-pyrrole nitrogens is 1. The van der Waals surface area contributed by atoms with Gasteiger partial charge in [0, 0.05) is 28.5 Å². The zero-order valence-corrected chi connectivity index (χ0v) is 11.1. The summed E-state index contributed by atoms with van der Waals surface area (Å²) in [7, 11) is 0. The maximum absolute atomic E-state index is 13.7. The number of nitrogen functional groups attached to an aromatic ring is 1. The van der Waals surface area contributed by atoms with Crippen molar-refractivity contribution in [3.8, 4) is 11.8 Å². The van der Waals surface area contributed by atoms with E-state index in [0.717, 1.165) is 17.4 Å². The maximum Gasteiger partial charge on any atom is 0.164 e. The Bertz CT molecular complexity index is 867. The number of aromatic nitrogens is 1. The topological polar surface area (TPSA) is 67.8 Å². The smallest absolute Gasteiger partial charge is 0.164 e. The minimum Gasteiger partial charge on any atom is -0.404 e. The summed E-state index contributed by atoms with van der Waals surface area (Å²) in [6.07, 6.45) is 4.63. The number of hydrogen-bond acceptors (Lipinski definition) is 2. The number of rotatable bonds is 1. The number of hydrogen-bond donors (Lipinski definition) is 3. The van der Waals surface area contributed by atoms with Crippen molar-refractivity contribution in [1.82, 2.24) is 4.98 Å². The van der Waals surface area contributed by atoms with E-state index in [4.69, 9.17) is 11.5 Å². The zero-order chi connectivity index (χ0) is 15.4. The molecule has 5 N–H and O–H groups in total. The van der Waals surface area contributed by atoms with Crippen LogP contribution in [0, 0.1) is 23.5 Å². The first-order valence-corrected chi connectivity index (χ1v) is 6.04. The van der Waals surface area contributed by atoms with Crippen molar-refractivity contribution in [1.29, 1.82) is 0 Å². The summed E-state index contributed by atoms with van der Waals surface area (Å²) in [6.45, 7) is 3.79. The van der Waals surface area contributed by atoms with E-state index in [1.807, 2.05) is 0 Å². The van der Waals surface area contributed by atoms with Crippen molar-refractivity contribution in [2.75, 3.05) is 5.73 Å². The van der Waals surface area contributed by atoms with Crippen molar-refractivity contribution < 1.29 is 8.78 Å². The van der Waals surface area contributed by atoms with Crippen molar-refractivity contribution in [2.45, 2.75) is 0 Å². The van der Waals surface area contributed by atoms with Gasteiger partial charge in [-0.25, -0.2) is 8.78 Å². The summed E-state index contributed by atoms with van der Waals surface area (Å²) in [4.78, 5) is 2.90. The van der Waals surface area contributed by atoms with Gasteiger partial charge in [0.05, 0.1) is 11.3 Å². The van der Waals surface area contributed by atoms with E-state index < -0.39 is 11.6 Å². The van der Waals surface area contributed by atoms with Gasteiger partial charge in [-0.05, 0) is 24.3 Å². The predicted molar refractivity (Wildman–Crippen MR) is 79.9 cm³/mol. The molecule has 0 spiro atoms. The number of allylic oxidation sites excluding steroid dienone is 1. The van der Waals surface area contributed by atoms with Gasteiger partial charge in [-0.1, -0.05) is 18.4 Å². The molecule has 2 rings (SSSR count). The van der Waals surface area contributed by atoms with E-state index in [9.17, 15) is 8.78 Å². The first-order chi connectivity index (χ1) is 10.0. The number of anilines is 1. The fraction of sp³-hybridized carbons (Fsp3) is 0. The third-order valence-corrected chi connectivity index (χ3v) is 2.81. The van der Waals surface area contributed by atoms with Crippen LogP contribution in [0.15, 0.2) is 36.2 Å². The van der Waals surface area contributed by atoms with Crippen molar-refractivity contribution in [3.05, 3.63) is 63.9 Å². The molecule has 0 radical (unpaired) electrons. The highest BCUT2D eigenvalue weighted by molar-refractivity contribution is 5.60. The number of halogens is 2. The van der Waals surface area contributed by atoms with E-state index in [1.165, 1.54) is 6.20 Å². The molecule has 5 heteroatoms. The Hall–Kier alpha value is -3.00. The second kappa shape index (κ2) is 5.97. The van der Waals surface area contributed by atoms with E-state index in [-0.39, 0.29) is 11.3 Å². The normalized spacial score (nSPS) is 12.1. The van der Waals surface area contributed by atoms with Crippen LogP contribution in [-0.2, 0) is 0 Å². The summed E-state index contributed by atoms with van der Waals surface area (Å²) in [5, 5.41) is 1.48. The highest BCUT2D eigenvalue weighted by atomic mass is 19.1. The minimum atomic E-state index is -0.877. The lowest BCUT2D eigenvalue weighted by Crippen LogP contribution is -2.20. The summed E-state index contributed by atoms with van der Waals surface area (Å²) < 4.78 is 27.3. The van der Waals surface area contributed by atoms with Gasteiger partial charge in [0.1, 0.15) is 5.82 Å².